The smallest absolute Gasteiger partial charge is 0.196 e. The van der Waals surface area contributed by atoms with Gasteiger partial charge in [0.2, 0.25) is 0 Å². The molecule has 0 spiro atoms. The number of thioether (sulfide) groups is 1. The van der Waals surface area contributed by atoms with Crippen LogP contribution in [0.5, 0.6) is 11.5 Å². The normalized spacial score (nSPS) is 10.7. The minimum atomic E-state index is -0.244. The van der Waals surface area contributed by atoms with Crippen LogP contribution in [0.15, 0.2) is 84.0 Å². The summed E-state index contributed by atoms with van der Waals surface area (Å²) in [5.41, 5.74) is 1.96. The molecule has 5 nitrogen and oxygen atoms in total. The number of methoxy groups -OCH3 is 1. The highest BCUT2D eigenvalue weighted by Gasteiger charge is 2.16. The summed E-state index contributed by atoms with van der Waals surface area (Å²) in [5.74, 6) is 2.39. The lowest BCUT2D eigenvalue weighted by atomic mass is 10.2. The van der Waals surface area contributed by atoms with E-state index in [4.69, 9.17) is 9.47 Å². The second-order valence-corrected chi connectivity index (χ2v) is 7.37. The van der Waals surface area contributed by atoms with Crippen molar-refractivity contribution in [2.45, 2.75) is 17.5 Å². The Hall–Kier alpha value is -3.32. The van der Waals surface area contributed by atoms with Crippen molar-refractivity contribution in [1.29, 1.82) is 0 Å². The van der Waals surface area contributed by atoms with Crippen LogP contribution in [0.1, 0.15) is 11.4 Å². The van der Waals surface area contributed by atoms with Crippen LogP contribution in [0.2, 0.25) is 0 Å². The molecule has 1 heterocycles. The van der Waals surface area contributed by atoms with Crippen molar-refractivity contribution in [1.82, 2.24) is 14.8 Å². The molecule has 152 valence electrons. The van der Waals surface area contributed by atoms with Crippen LogP contribution >= 0.6 is 11.8 Å². The highest BCUT2D eigenvalue weighted by atomic mass is 32.2. The molecular formula is C23H20FN3O2S. The fourth-order valence-electron chi connectivity index (χ4n) is 2.93. The van der Waals surface area contributed by atoms with Crippen molar-refractivity contribution in [3.63, 3.8) is 0 Å². The summed E-state index contributed by atoms with van der Waals surface area (Å²) < 4.78 is 26.5. The topological polar surface area (TPSA) is 49.2 Å². The zero-order valence-electron chi connectivity index (χ0n) is 16.4. The first-order chi connectivity index (χ1) is 14.7. The quantitative estimate of drug-likeness (QED) is 0.362. The van der Waals surface area contributed by atoms with Crippen LogP contribution in [0.3, 0.4) is 0 Å². The molecule has 0 saturated heterocycles. The fraction of sp³-hybridized carbons (Fsp3) is 0.130. The Kier molecular flexibility index (Phi) is 6.29. The number of ether oxygens (including phenoxy) is 2. The van der Waals surface area contributed by atoms with Gasteiger partial charge >= 0.3 is 0 Å². The van der Waals surface area contributed by atoms with Gasteiger partial charge in [0.15, 0.2) is 22.5 Å². The average Bonchev–Trinajstić information content (AvgIpc) is 3.21. The molecule has 0 bridgehead atoms. The molecule has 0 aliphatic heterocycles. The number of rotatable bonds is 8. The zero-order valence-corrected chi connectivity index (χ0v) is 17.2. The molecule has 1 aromatic heterocycles. The summed E-state index contributed by atoms with van der Waals surface area (Å²) in [6.07, 6.45) is 0. The molecule has 0 saturated carbocycles. The Balaban J connectivity index is 1.58. The van der Waals surface area contributed by atoms with Crippen LogP contribution < -0.4 is 9.47 Å². The first kappa shape index (κ1) is 20.0. The standard InChI is InChI=1S/C23H20FN3O2S/c1-28-20-9-5-6-10-21(20)29-15-22-25-26-23(27(22)19-7-3-2-4-8-19)30-16-17-11-13-18(24)14-12-17/h2-14H,15-16H2,1H3. The van der Waals surface area contributed by atoms with E-state index < -0.39 is 0 Å². The van der Waals surface area contributed by atoms with E-state index in [1.807, 2.05) is 59.2 Å². The van der Waals surface area contributed by atoms with Crippen molar-refractivity contribution < 1.29 is 13.9 Å². The largest absolute Gasteiger partial charge is 0.493 e. The predicted octanol–water partition coefficient (Wildman–Crippen LogP) is 5.29. The summed E-state index contributed by atoms with van der Waals surface area (Å²) in [6.45, 7) is 0.235. The van der Waals surface area contributed by atoms with Gasteiger partial charge in [-0.15, -0.1) is 10.2 Å². The number of benzene rings is 3. The number of para-hydroxylation sites is 3. The van der Waals surface area contributed by atoms with Gasteiger partial charge in [0.05, 0.1) is 7.11 Å². The van der Waals surface area contributed by atoms with Gasteiger partial charge in [0.25, 0.3) is 0 Å². The first-order valence-corrected chi connectivity index (χ1v) is 10.4. The van der Waals surface area contributed by atoms with Gasteiger partial charge < -0.3 is 9.47 Å². The maximum Gasteiger partial charge on any atom is 0.196 e. The van der Waals surface area contributed by atoms with Crippen LogP contribution in [-0.4, -0.2) is 21.9 Å². The van der Waals surface area contributed by atoms with Gasteiger partial charge in [-0.3, -0.25) is 4.57 Å². The molecule has 3 aromatic carbocycles. The predicted molar refractivity (Wildman–Crippen MR) is 115 cm³/mol. The average molecular weight is 421 g/mol. The Morgan fingerprint density at radius 3 is 2.30 bits per heavy atom. The SMILES string of the molecule is COc1ccccc1OCc1nnc(SCc2ccc(F)cc2)n1-c1ccccc1. The second-order valence-electron chi connectivity index (χ2n) is 6.42. The monoisotopic (exact) mass is 421 g/mol. The van der Waals surface area contributed by atoms with E-state index in [0.29, 0.717) is 23.1 Å². The third kappa shape index (κ3) is 4.63. The van der Waals surface area contributed by atoms with E-state index in [-0.39, 0.29) is 12.4 Å². The van der Waals surface area contributed by atoms with E-state index in [0.717, 1.165) is 16.4 Å². The van der Waals surface area contributed by atoms with Gasteiger partial charge in [0.1, 0.15) is 12.4 Å². The molecular weight excluding hydrogens is 401 g/mol. The molecule has 0 N–H and O–H groups in total. The summed E-state index contributed by atoms with van der Waals surface area (Å²) in [7, 11) is 1.61. The molecule has 0 radical (unpaired) electrons. The Bertz CT molecular complexity index is 1100. The highest BCUT2D eigenvalue weighted by molar-refractivity contribution is 7.98. The lowest BCUT2D eigenvalue weighted by molar-refractivity contribution is 0.274. The number of hydrogen-bond donors (Lipinski definition) is 0. The molecule has 0 amide bonds. The summed E-state index contributed by atoms with van der Waals surface area (Å²) >= 11 is 1.54. The minimum absolute atomic E-state index is 0.235. The van der Waals surface area contributed by atoms with Crippen molar-refractivity contribution >= 4 is 11.8 Å². The van der Waals surface area contributed by atoms with Crippen LogP contribution in [0.4, 0.5) is 4.39 Å². The molecule has 4 rings (SSSR count). The van der Waals surface area contributed by atoms with Crippen molar-refractivity contribution in [2.75, 3.05) is 7.11 Å². The number of aromatic nitrogens is 3. The van der Waals surface area contributed by atoms with E-state index in [1.165, 1.54) is 23.9 Å². The fourth-order valence-corrected chi connectivity index (χ4v) is 3.86. The van der Waals surface area contributed by atoms with Crippen LogP contribution in [0, 0.1) is 5.82 Å². The third-order valence-electron chi connectivity index (χ3n) is 4.42. The lowest BCUT2D eigenvalue weighted by Crippen LogP contribution is -2.07. The number of halogens is 1. The molecule has 0 fully saturated rings. The zero-order chi connectivity index (χ0) is 20.8. The van der Waals surface area contributed by atoms with Gasteiger partial charge in [-0.05, 0) is 42.0 Å². The molecule has 7 heteroatoms. The van der Waals surface area contributed by atoms with E-state index in [2.05, 4.69) is 10.2 Å². The van der Waals surface area contributed by atoms with Gasteiger partial charge in [-0.25, -0.2) is 4.39 Å². The molecule has 0 atom stereocenters. The molecule has 0 aliphatic rings. The first-order valence-electron chi connectivity index (χ1n) is 9.37. The van der Waals surface area contributed by atoms with E-state index in [1.54, 1.807) is 19.2 Å². The summed E-state index contributed by atoms with van der Waals surface area (Å²) in [5, 5.41) is 9.47. The Labute approximate surface area is 178 Å². The molecule has 0 unspecified atom stereocenters. The minimum Gasteiger partial charge on any atom is -0.493 e. The summed E-state index contributed by atoms with van der Waals surface area (Å²) in [4.78, 5) is 0. The number of nitrogens with zero attached hydrogens (tertiary/aromatic N) is 3. The Morgan fingerprint density at radius 2 is 1.57 bits per heavy atom. The summed E-state index contributed by atoms with van der Waals surface area (Å²) in [6, 6.07) is 23.9. The molecule has 30 heavy (non-hydrogen) atoms. The van der Waals surface area contributed by atoms with Crippen molar-refractivity contribution in [3.05, 3.63) is 96.1 Å². The number of hydrogen-bond acceptors (Lipinski definition) is 5. The lowest BCUT2D eigenvalue weighted by Gasteiger charge is -2.12. The maximum absolute atomic E-state index is 13.2. The van der Waals surface area contributed by atoms with Crippen LogP contribution in [0.25, 0.3) is 5.69 Å². The Morgan fingerprint density at radius 1 is 0.867 bits per heavy atom. The van der Waals surface area contributed by atoms with E-state index >= 15 is 0 Å². The second kappa shape index (κ2) is 9.45. The van der Waals surface area contributed by atoms with Crippen molar-refractivity contribution in [3.8, 4) is 17.2 Å². The maximum atomic E-state index is 13.2. The van der Waals surface area contributed by atoms with Gasteiger partial charge in [-0.2, -0.15) is 0 Å². The molecule has 4 aromatic rings. The van der Waals surface area contributed by atoms with Gasteiger partial charge in [-0.1, -0.05) is 54.2 Å². The van der Waals surface area contributed by atoms with Crippen LogP contribution in [-0.2, 0) is 12.4 Å². The third-order valence-corrected chi connectivity index (χ3v) is 5.42. The molecule has 0 aliphatic carbocycles. The van der Waals surface area contributed by atoms with E-state index in [9.17, 15) is 4.39 Å². The van der Waals surface area contributed by atoms with Crippen molar-refractivity contribution in [2.24, 2.45) is 0 Å². The van der Waals surface area contributed by atoms with Gasteiger partial charge in [0, 0.05) is 11.4 Å². The highest BCUT2D eigenvalue weighted by Crippen LogP contribution is 2.29.